The van der Waals surface area contributed by atoms with Crippen molar-refractivity contribution in [3.63, 3.8) is 0 Å². The summed E-state index contributed by atoms with van der Waals surface area (Å²) >= 11 is 0. The lowest BCUT2D eigenvalue weighted by molar-refractivity contribution is -0.0535. The summed E-state index contributed by atoms with van der Waals surface area (Å²) in [7, 11) is 1.88. The highest BCUT2D eigenvalue weighted by Crippen LogP contribution is 2.35. The fourth-order valence-electron chi connectivity index (χ4n) is 4.91. The number of hydrogen-bond acceptors (Lipinski definition) is 6. The summed E-state index contributed by atoms with van der Waals surface area (Å²) in [5, 5.41) is 4.35. The van der Waals surface area contributed by atoms with Crippen molar-refractivity contribution in [2.45, 2.75) is 58.1 Å². The number of ether oxygens (including phenoxy) is 1. The van der Waals surface area contributed by atoms with Crippen molar-refractivity contribution in [3.8, 4) is 11.6 Å². The van der Waals surface area contributed by atoms with Crippen LogP contribution in [-0.4, -0.2) is 47.9 Å². The van der Waals surface area contributed by atoms with E-state index in [1.165, 1.54) is 6.07 Å². The highest BCUT2D eigenvalue weighted by molar-refractivity contribution is 5.48. The lowest BCUT2D eigenvalue weighted by atomic mass is 9.93. The summed E-state index contributed by atoms with van der Waals surface area (Å²) in [4.78, 5) is 11.7. The van der Waals surface area contributed by atoms with Gasteiger partial charge in [0.2, 0.25) is 0 Å². The van der Waals surface area contributed by atoms with E-state index in [-0.39, 0.29) is 11.6 Å². The van der Waals surface area contributed by atoms with Crippen LogP contribution in [0.3, 0.4) is 0 Å². The van der Waals surface area contributed by atoms with E-state index in [2.05, 4.69) is 26.5 Å². The molecular formula is C22H27F2N7O. The zero-order chi connectivity index (χ0) is 22.6. The summed E-state index contributed by atoms with van der Waals surface area (Å²) in [6.07, 6.45) is -0.0212. The van der Waals surface area contributed by atoms with E-state index in [0.29, 0.717) is 25.4 Å². The van der Waals surface area contributed by atoms with Crippen molar-refractivity contribution in [1.82, 2.24) is 29.2 Å². The van der Waals surface area contributed by atoms with E-state index in [1.54, 1.807) is 4.68 Å². The molecule has 32 heavy (non-hydrogen) atoms. The van der Waals surface area contributed by atoms with Gasteiger partial charge in [-0.25, -0.2) is 23.4 Å². The van der Waals surface area contributed by atoms with Crippen molar-refractivity contribution >= 4 is 0 Å². The molecule has 0 spiro atoms. The Bertz CT molecular complexity index is 1160. The normalized spacial score (nSPS) is 23.6. The molecule has 2 aliphatic rings. The number of benzene rings is 1. The van der Waals surface area contributed by atoms with Crippen LogP contribution in [0.25, 0.3) is 11.6 Å². The van der Waals surface area contributed by atoms with Gasteiger partial charge in [0.05, 0.1) is 18.0 Å². The van der Waals surface area contributed by atoms with Gasteiger partial charge >= 0.3 is 0 Å². The molecular weight excluding hydrogens is 416 g/mol. The van der Waals surface area contributed by atoms with Gasteiger partial charge < -0.3 is 15.0 Å². The van der Waals surface area contributed by atoms with Gasteiger partial charge in [-0.15, -0.1) is 0 Å². The van der Waals surface area contributed by atoms with Crippen LogP contribution in [0.2, 0.25) is 0 Å². The van der Waals surface area contributed by atoms with Gasteiger partial charge in [-0.3, -0.25) is 4.90 Å². The molecule has 170 valence electrons. The Kier molecular flexibility index (Phi) is 5.31. The fourth-order valence-corrected chi connectivity index (χ4v) is 4.91. The molecule has 1 saturated heterocycles. The van der Waals surface area contributed by atoms with E-state index in [9.17, 15) is 8.78 Å². The Morgan fingerprint density at radius 1 is 1.19 bits per heavy atom. The number of rotatable bonds is 4. The Morgan fingerprint density at radius 3 is 2.69 bits per heavy atom. The van der Waals surface area contributed by atoms with Crippen molar-refractivity contribution < 1.29 is 13.5 Å². The van der Waals surface area contributed by atoms with Crippen LogP contribution in [0.4, 0.5) is 8.78 Å². The van der Waals surface area contributed by atoms with Crippen LogP contribution in [-0.2, 0) is 31.4 Å². The monoisotopic (exact) mass is 443 g/mol. The quantitative estimate of drug-likeness (QED) is 0.667. The molecule has 2 N–H and O–H groups in total. The van der Waals surface area contributed by atoms with Gasteiger partial charge in [-0.1, -0.05) is 0 Å². The Labute approximate surface area is 185 Å². The van der Waals surface area contributed by atoms with Gasteiger partial charge in [-0.2, -0.15) is 5.10 Å². The smallest absolute Gasteiger partial charge is 0.194 e. The Hall–Kier alpha value is -2.69. The first-order valence-electron chi connectivity index (χ1n) is 10.9. The molecule has 8 nitrogen and oxygen atoms in total. The molecule has 0 saturated carbocycles. The second kappa shape index (κ2) is 8.02. The maximum atomic E-state index is 14.2. The number of aryl methyl sites for hydroxylation is 2. The second-order valence-electron chi connectivity index (χ2n) is 8.56. The first-order valence-corrected chi connectivity index (χ1v) is 10.9. The van der Waals surface area contributed by atoms with Crippen LogP contribution >= 0.6 is 0 Å². The molecule has 0 aliphatic carbocycles. The summed E-state index contributed by atoms with van der Waals surface area (Å²) in [6.45, 7) is 6.56. The van der Waals surface area contributed by atoms with Crippen LogP contribution in [0, 0.1) is 18.6 Å². The summed E-state index contributed by atoms with van der Waals surface area (Å²) in [5.41, 5.74) is 8.73. The number of halogens is 2. The minimum atomic E-state index is -0.653. The van der Waals surface area contributed by atoms with E-state index in [0.717, 1.165) is 48.3 Å². The van der Waals surface area contributed by atoms with E-state index in [1.807, 2.05) is 14.0 Å². The molecule has 5 rings (SSSR count). The predicted octanol–water partition coefficient (Wildman–Crippen LogP) is 2.46. The summed E-state index contributed by atoms with van der Waals surface area (Å²) < 4.78 is 37.8. The number of fused-ring (bicyclic) bond motifs is 1. The third-order valence-electron chi connectivity index (χ3n) is 6.43. The zero-order valence-electron chi connectivity index (χ0n) is 18.4. The Balaban J connectivity index is 1.32. The summed E-state index contributed by atoms with van der Waals surface area (Å²) in [5.74, 6) is 1.32. The molecule has 1 unspecified atom stereocenters. The molecule has 4 heterocycles. The van der Waals surface area contributed by atoms with Crippen molar-refractivity contribution in [2.75, 3.05) is 6.61 Å². The molecule has 3 aromatic rings. The van der Waals surface area contributed by atoms with Crippen LogP contribution in [0.5, 0.6) is 0 Å². The molecule has 1 aromatic carbocycles. The number of aromatic nitrogens is 5. The van der Waals surface area contributed by atoms with Gasteiger partial charge in [0.1, 0.15) is 23.6 Å². The minimum absolute atomic E-state index is 0.0814. The maximum Gasteiger partial charge on any atom is 0.194 e. The molecule has 3 atom stereocenters. The maximum absolute atomic E-state index is 14.2. The molecule has 2 aromatic heterocycles. The van der Waals surface area contributed by atoms with E-state index >= 15 is 0 Å². The minimum Gasteiger partial charge on any atom is -0.370 e. The number of imidazole rings is 1. The number of nitrogens with two attached hydrogens (primary N) is 1. The average Bonchev–Trinajstić information content (AvgIpc) is 3.41. The van der Waals surface area contributed by atoms with Gasteiger partial charge in [0.15, 0.2) is 11.6 Å². The first kappa shape index (κ1) is 21.2. The highest BCUT2D eigenvalue weighted by atomic mass is 19.1. The SMILES string of the molecule is CCn1c(-c2nc(C)nn2C)nc2c1CN(C1CO[C@H](c3cc(F)ccc3F)[C@@H](N)C1)C2. The molecule has 0 bridgehead atoms. The number of hydrogen-bond donors (Lipinski definition) is 1. The fraction of sp³-hybridized carbons (Fsp3) is 0.500. The number of nitrogens with zero attached hydrogens (tertiary/aromatic N) is 6. The molecule has 1 fully saturated rings. The third kappa shape index (κ3) is 3.52. The first-order chi connectivity index (χ1) is 15.4. The third-order valence-corrected chi connectivity index (χ3v) is 6.43. The van der Waals surface area contributed by atoms with Crippen LogP contribution < -0.4 is 5.73 Å². The van der Waals surface area contributed by atoms with Gasteiger partial charge in [-0.05, 0) is 38.5 Å². The van der Waals surface area contributed by atoms with Crippen molar-refractivity contribution in [3.05, 3.63) is 52.6 Å². The van der Waals surface area contributed by atoms with Gasteiger partial charge in [0.25, 0.3) is 0 Å². The molecule has 0 radical (unpaired) electrons. The van der Waals surface area contributed by atoms with Crippen molar-refractivity contribution in [1.29, 1.82) is 0 Å². The molecule has 0 amide bonds. The Morgan fingerprint density at radius 2 is 2.00 bits per heavy atom. The standard InChI is InChI=1S/C22H27F2N7O/c1-4-31-19-10-30(9-18(19)27-22(31)21-26-12(2)28-29(21)3)14-8-17(25)20(32-11-14)15-7-13(23)5-6-16(15)24/h5-7,14,17,20H,4,8-11,25H2,1-3H3/t14?,17-,20+/m0/s1. The summed E-state index contributed by atoms with van der Waals surface area (Å²) in [6, 6.07) is 3.05. The van der Waals surface area contributed by atoms with Crippen molar-refractivity contribution in [2.24, 2.45) is 12.8 Å². The van der Waals surface area contributed by atoms with E-state index < -0.39 is 23.8 Å². The molecule has 10 heteroatoms. The van der Waals surface area contributed by atoms with Gasteiger partial charge in [0, 0.05) is 44.3 Å². The van der Waals surface area contributed by atoms with Crippen LogP contribution in [0.15, 0.2) is 18.2 Å². The predicted molar refractivity (Wildman–Crippen MR) is 113 cm³/mol. The zero-order valence-corrected chi connectivity index (χ0v) is 18.4. The topological polar surface area (TPSA) is 87.0 Å². The average molecular weight is 444 g/mol. The lowest BCUT2D eigenvalue weighted by Gasteiger charge is -2.38. The highest BCUT2D eigenvalue weighted by Gasteiger charge is 2.38. The largest absolute Gasteiger partial charge is 0.370 e. The molecule has 2 aliphatic heterocycles. The van der Waals surface area contributed by atoms with E-state index in [4.69, 9.17) is 15.5 Å². The second-order valence-corrected chi connectivity index (χ2v) is 8.56. The van der Waals surface area contributed by atoms with Crippen LogP contribution in [0.1, 0.15) is 42.2 Å². The lowest BCUT2D eigenvalue weighted by Crippen LogP contribution is -2.47.